The molecule has 1 fully saturated rings. The van der Waals surface area contributed by atoms with Gasteiger partial charge < -0.3 is 10.5 Å². The Morgan fingerprint density at radius 3 is 3.00 bits per heavy atom. The smallest absolute Gasteiger partial charge is 0.222 e. The summed E-state index contributed by atoms with van der Waals surface area (Å²) >= 11 is 0. The maximum Gasteiger partial charge on any atom is 0.222 e. The SMILES string of the molecule is Nc1cccc(Oc2cc(C3CCNN3)ncn2)c1. The molecule has 4 N–H and O–H groups in total. The Labute approximate surface area is 111 Å². The van der Waals surface area contributed by atoms with Gasteiger partial charge in [0.05, 0.1) is 11.7 Å². The number of nitrogens with zero attached hydrogens (tertiary/aromatic N) is 2. The molecule has 0 saturated carbocycles. The van der Waals surface area contributed by atoms with E-state index >= 15 is 0 Å². The summed E-state index contributed by atoms with van der Waals surface area (Å²) < 4.78 is 5.68. The van der Waals surface area contributed by atoms with Crippen LogP contribution in [0.25, 0.3) is 0 Å². The molecule has 3 rings (SSSR count). The van der Waals surface area contributed by atoms with Gasteiger partial charge in [0.15, 0.2) is 0 Å². The average molecular weight is 257 g/mol. The van der Waals surface area contributed by atoms with Crippen molar-refractivity contribution in [1.29, 1.82) is 0 Å². The number of hydrogen-bond acceptors (Lipinski definition) is 6. The number of nitrogens with two attached hydrogens (primary N) is 1. The fourth-order valence-corrected chi connectivity index (χ4v) is 2.00. The molecule has 0 radical (unpaired) electrons. The number of hydrogen-bond donors (Lipinski definition) is 3. The van der Waals surface area contributed by atoms with Crippen molar-refractivity contribution in [2.75, 3.05) is 12.3 Å². The third kappa shape index (κ3) is 2.81. The lowest BCUT2D eigenvalue weighted by Crippen LogP contribution is -2.25. The average Bonchev–Trinajstić information content (AvgIpc) is 2.93. The number of ether oxygens (including phenoxy) is 1. The highest BCUT2D eigenvalue weighted by molar-refractivity contribution is 5.44. The highest BCUT2D eigenvalue weighted by atomic mass is 16.5. The van der Waals surface area contributed by atoms with E-state index < -0.39 is 0 Å². The molecule has 1 unspecified atom stereocenters. The van der Waals surface area contributed by atoms with Gasteiger partial charge in [0.2, 0.25) is 5.88 Å². The van der Waals surface area contributed by atoms with Crippen molar-refractivity contribution in [3.8, 4) is 11.6 Å². The molecule has 1 aromatic carbocycles. The molecule has 1 saturated heterocycles. The molecule has 19 heavy (non-hydrogen) atoms. The molecule has 0 spiro atoms. The van der Waals surface area contributed by atoms with Gasteiger partial charge in [-0.2, -0.15) is 0 Å². The number of nitrogen functional groups attached to an aromatic ring is 1. The summed E-state index contributed by atoms with van der Waals surface area (Å²) in [7, 11) is 0. The van der Waals surface area contributed by atoms with Gasteiger partial charge in [-0.1, -0.05) is 6.07 Å². The Balaban J connectivity index is 1.79. The number of nitrogens with one attached hydrogen (secondary N) is 2. The summed E-state index contributed by atoms with van der Waals surface area (Å²) in [6.07, 6.45) is 2.51. The molecule has 0 aliphatic carbocycles. The first kappa shape index (κ1) is 11.9. The lowest BCUT2D eigenvalue weighted by atomic mass is 10.1. The van der Waals surface area contributed by atoms with Crippen LogP contribution in [0.4, 0.5) is 5.69 Å². The van der Waals surface area contributed by atoms with Gasteiger partial charge in [-0.3, -0.25) is 5.43 Å². The fraction of sp³-hybridized carbons (Fsp3) is 0.231. The predicted octanol–water partition coefficient (Wildman–Crippen LogP) is 1.39. The van der Waals surface area contributed by atoms with Gasteiger partial charge >= 0.3 is 0 Å². The van der Waals surface area contributed by atoms with E-state index in [1.54, 1.807) is 6.07 Å². The second-order valence-corrected chi connectivity index (χ2v) is 4.37. The van der Waals surface area contributed by atoms with Crippen LogP contribution in [0.15, 0.2) is 36.7 Å². The number of anilines is 1. The third-order valence-electron chi connectivity index (χ3n) is 2.93. The minimum atomic E-state index is 0.200. The van der Waals surface area contributed by atoms with E-state index in [2.05, 4.69) is 20.8 Å². The van der Waals surface area contributed by atoms with Gasteiger partial charge in [-0.05, 0) is 18.6 Å². The molecule has 1 aromatic heterocycles. The van der Waals surface area contributed by atoms with E-state index in [4.69, 9.17) is 10.5 Å². The number of hydrazine groups is 1. The van der Waals surface area contributed by atoms with Crippen molar-refractivity contribution in [3.63, 3.8) is 0 Å². The largest absolute Gasteiger partial charge is 0.439 e. The molecule has 1 aliphatic heterocycles. The van der Waals surface area contributed by atoms with E-state index in [0.717, 1.165) is 18.7 Å². The quantitative estimate of drug-likeness (QED) is 0.720. The molecule has 2 heterocycles. The van der Waals surface area contributed by atoms with Crippen LogP contribution in [0.5, 0.6) is 11.6 Å². The zero-order valence-corrected chi connectivity index (χ0v) is 10.3. The maximum absolute atomic E-state index is 5.71. The van der Waals surface area contributed by atoms with E-state index in [0.29, 0.717) is 17.3 Å². The van der Waals surface area contributed by atoms with Crippen molar-refractivity contribution in [1.82, 2.24) is 20.8 Å². The zero-order chi connectivity index (χ0) is 13.1. The molecular weight excluding hydrogens is 242 g/mol. The summed E-state index contributed by atoms with van der Waals surface area (Å²) in [6, 6.07) is 9.30. The lowest BCUT2D eigenvalue weighted by molar-refractivity contribution is 0.457. The van der Waals surface area contributed by atoms with Crippen LogP contribution in [-0.4, -0.2) is 16.5 Å². The third-order valence-corrected chi connectivity index (χ3v) is 2.93. The molecular formula is C13H15N5O. The number of benzene rings is 1. The Kier molecular flexibility index (Phi) is 3.26. The highest BCUT2D eigenvalue weighted by Crippen LogP contribution is 2.24. The number of rotatable bonds is 3. The van der Waals surface area contributed by atoms with E-state index in [1.807, 2.05) is 24.3 Å². The summed E-state index contributed by atoms with van der Waals surface area (Å²) in [5.41, 5.74) is 13.5. The van der Waals surface area contributed by atoms with Gasteiger partial charge in [0, 0.05) is 24.4 Å². The maximum atomic E-state index is 5.71. The van der Waals surface area contributed by atoms with Crippen molar-refractivity contribution in [3.05, 3.63) is 42.4 Å². The van der Waals surface area contributed by atoms with Crippen molar-refractivity contribution in [2.45, 2.75) is 12.5 Å². The molecule has 98 valence electrons. The predicted molar refractivity (Wildman–Crippen MR) is 71.5 cm³/mol. The van der Waals surface area contributed by atoms with Crippen LogP contribution in [0.3, 0.4) is 0 Å². The molecule has 6 nitrogen and oxygen atoms in total. The minimum absolute atomic E-state index is 0.200. The van der Waals surface area contributed by atoms with E-state index in [1.165, 1.54) is 6.33 Å². The van der Waals surface area contributed by atoms with Crippen molar-refractivity contribution < 1.29 is 4.74 Å². The van der Waals surface area contributed by atoms with Crippen LogP contribution in [-0.2, 0) is 0 Å². The van der Waals surface area contributed by atoms with E-state index in [9.17, 15) is 0 Å². The lowest BCUT2D eigenvalue weighted by Gasteiger charge is -2.10. The first-order valence-electron chi connectivity index (χ1n) is 6.15. The second kappa shape index (κ2) is 5.21. The molecule has 0 bridgehead atoms. The molecule has 6 heteroatoms. The van der Waals surface area contributed by atoms with Crippen LogP contribution in [0.2, 0.25) is 0 Å². The Bertz CT molecular complexity index is 568. The van der Waals surface area contributed by atoms with Gasteiger partial charge in [-0.25, -0.2) is 15.4 Å². The standard InChI is InChI=1S/C13H15N5O/c14-9-2-1-3-10(6-9)19-13-7-12(15-8-16-13)11-4-5-17-18-11/h1-3,6-8,11,17-18H,4-5,14H2. The van der Waals surface area contributed by atoms with Gasteiger partial charge in [0.1, 0.15) is 12.1 Å². The minimum Gasteiger partial charge on any atom is -0.439 e. The summed E-state index contributed by atoms with van der Waals surface area (Å²) in [4.78, 5) is 8.38. The molecule has 1 atom stereocenters. The Hall–Kier alpha value is -2.18. The van der Waals surface area contributed by atoms with Crippen molar-refractivity contribution in [2.24, 2.45) is 0 Å². The van der Waals surface area contributed by atoms with Crippen molar-refractivity contribution >= 4 is 5.69 Å². The van der Waals surface area contributed by atoms with Crippen LogP contribution < -0.4 is 21.3 Å². The zero-order valence-electron chi connectivity index (χ0n) is 10.3. The molecule has 0 amide bonds. The number of aromatic nitrogens is 2. The molecule has 1 aliphatic rings. The summed E-state index contributed by atoms with van der Waals surface area (Å²) in [5.74, 6) is 1.19. The Morgan fingerprint density at radius 2 is 2.21 bits per heavy atom. The van der Waals surface area contributed by atoms with Crippen LogP contribution >= 0.6 is 0 Å². The van der Waals surface area contributed by atoms with Crippen LogP contribution in [0, 0.1) is 0 Å². The van der Waals surface area contributed by atoms with Crippen LogP contribution in [0.1, 0.15) is 18.2 Å². The second-order valence-electron chi connectivity index (χ2n) is 4.37. The Morgan fingerprint density at radius 1 is 1.26 bits per heavy atom. The normalized spacial score (nSPS) is 18.4. The fourth-order valence-electron chi connectivity index (χ4n) is 2.00. The first-order chi connectivity index (χ1) is 9.31. The van der Waals surface area contributed by atoms with E-state index in [-0.39, 0.29) is 6.04 Å². The monoisotopic (exact) mass is 257 g/mol. The summed E-state index contributed by atoms with van der Waals surface area (Å²) in [5, 5.41) is 0. The molecule has 2 aromatic rings. The summed E-state index contributed by atoms with van der Waals surface area (Å²) in [6.45, 7) is 0.931. The topological polar surface area (TPSA) is 85.1 Å². The highest BCUT2D eigenvalue weighted by Gasteiger charge is 2.18. The first-order valence-corrected chi connectivity index (χ1v) is 6.15. The van der Waals surface area contributed by atoms with Gasteiger partial charge in [0.25, 0.3) is 0 Å². The van der Waals surface area contributed by atoms with Gasteiger partial charge in [-0.15, -0.1) is 0 Å².